The number of fused-ring (bicyclic) bond motifs is 7. The highest BCUT2D eigenvalue weighted by Gasteiger charge is 2.22. The average molecular weight is 704 g/mol. The Labute approximate surface area is 317 Å². The largest absolute Gasteiger partial charge is 0.455 e. The van der Waals surface area contributed by atoms with Crippen LogP contribution in [0.3, 0.4) is 0 Å². The van der Waals surface area contributed by atoms with E-state index in [9.17, 15) is 0 Å². The molecule has 0 atom stereocenters. The number of rotatable bonds is 6. The Bertz CT molecular complexity index is 3180. The Hall–Kier alpha value is -7.36. The maximum Gasteiger partial charge on any atom is 0.159 e. The summed E-state index contributed by atoms with van der Waals surface area (Å²) in [7, 11) is 0. The molecule has 0 saturated heterocycles. The third-order valence-corrected chi connectivity index (χ3v) is 10.9. The van der Waals surface area contributed by atoms with E-state index in [4.69, 9.17) is 8.83 Å². The topological polar surface area (TPSA) is 29.5 Å². The van der Waals surface area contributed by atoms with Gasteiger partial charge in [-0.3, -0.25) is 0 Å². The summed E-state index contributed by atoms with van der Waals surface area (Å²) < 4.78 is 13.6. The van der Waals surface area contributed by atoms with Gasteiger partial charge in [-0.05, 0) is 81.1 Å². The van der Waals surface area contributed by atoms with Crippen molar-refractivity contribution in [2.75, 3.05) is 4.90 Å². The lowest BCUT2D eigenvalue weighted by atomic mass is 9.94. The average Bonchev–Trinajstić information content (AvgIpc) is 3.82. The first-order valence-electron chi connectivity index (χ1n) is 18.7. The van der Waals surface area contributed by atoms with Crippen LogP contribution in [0, 0.1) is 0 Å². The predicted octanol–water partition coefficient (Wildman–Crippen LogP) is 15.1. The highest BCUT2D eigenvalue weighted by Crippen LogP contribution is 2.46. The van der Waals surface area contributed by atoms with Crippen LogP contribution in [0.15, 0.2) is 209 Å². The second-order valence-electron chi connectivity index (χ2n) is 14.1. The fourth-order valence-electron chi connectivity index (χ4n) is 8.22. The molecule has 11 rings (SSSR count). The molecular weight excluding hydrogens is 671 g/mol. The van der Waals surface area contributed by atoms with Crippen molar-refractivity contribution in [1.82, 2.24) is 0 Å². The smallest absolute Gasteiger partial charge is 0.159 e. The molecule has 0 unspecified atom stereocenters. The van der Waals surface area contributed by atoms with Crippen LogP contribution in [-0.2, 0) is 0 Å². The van der Waals surface area contributed by atoms with Crippen LogP contribution in [0.5, 0.6) is 0 Å². The van der Waals surface area contributed by atoms with E-state index in [0.29, 0.717) is 0 Å². The third kappa shape index (κ3) is 5.20. The minimum atomic E-state index is 0.827. The molecule has 3 nitrogen and oxygen atoms in total. The molecular formula is C52H33NO2. The van der Waals surface area contributed by atoms with Crippen molar-refractivity contribution in [3.05, 3.63) is 200 Å². The van der Waals surface area contributed by atoms with E-state index in [-0.39, 0.29) is 0 Å². The molecule has 2 aromatic heterocycles. The summed E-state index contributed by atoms with van der Waals surface area (Å²) >= 11 is 0. The summed E-state index contributed by atoms with van der Waals surface area (Å²) in [5.74, 6) is 0. The van der Waals surface area contributed by atoms with Gasteiger partial charge >= 0.3 is 0 Å². The lowest BCUT2D eigenvalue weighted by Gasteiger charge is -2.25. The van der Waals surface area contributed by atoms with Gasteiger partial charge in [0.2, 0.25) is 0 Å². The normalized spacial score (nSPS) is 11.6. The Balaban J connectivity index is 1.11. The molecule has 0 spiro atoms. The van der Waals surface area contributed by atoms with Gasteiger partial charge in [0, 0.05) is 38.9 Å². The Morgan fingerprint density at radius 3 is 1.60 bits per heavy atom. The summed E-state index contributed by atoms with van der Waals surface area (Å²) in [4.78, 5) is 2.28. The number of nitrogens with zero attached hydrogens (tertiary/aromatic N) is 1. The van der Waals surface area contributed by atoms with Crippen molar-refractivity contribution in [2.45, 2.75) is 0 Å². The second-order valence-corrected chi connectivity index (χ2v) is 14.1. The van der Waals surface area contributed by atoms with Crippen molar-refractivity contribution in [3.8, 4) is 33.4 Å². The molecule has 2 heterocycles. The van der Waals surface area contributed by atoms with Crippen LogP contribution in [-0.4, -0.2) is 0 Å². The van der Waals surface area contributed by atoms with E-state index in [0.717, 1.165) is 77.6 Å². The van der Waals surface area contributed by atoms with E-state index in [1.807, 2.05) is 12.1 Å². The molecule has 9 aromatic carbocycles. The summed E-state index contributed by atoms with van der Waals surface area (Å²) in [6.45, 7) is 0. The van der Waals surface area contributed by atoms with Gasteiger partial charge < -0.3 is 13.7 Å². The van der Waals surface area contributed by atoms with Gasteiger partial charge in [-0.15, -0.1) is 0 Å². The summed E-state index contributed by atoms with van der Waals surface area (Å²) in [5, 5.41) is 6.70. The molecule has 0 fully saturated rings. The fraction of sp³-hybridized carbons (Fsp3) is 0. The van der Waals surface area contributed by atoms with Gasteiger partial charge in [0.1, 0.15) is 16.7 Å². The van der Waals surface area contributed by atoms with E-state index in [1.165, 1.54) is 27.5 Å². The van der Waals surface area contributed by atoms with Gasteiger partial charge in [0.05, 0.1) is 11.4 Å². The van der Waals surface area contributed by atoms with E-state index >= 15 is 0 Å². The number of para-hydroxylation sites is 2. The van der Waals surface area contributed by atoms with E-state index < -0.39 is 0 Å². The lowest BCUT2D eigenvalue weighted by molar-refractivity contribution is 0.668. The molecule has 0 aliphatic carbocycles. The van der Waals surface area contributed by atoms with Crippen molar-refractivity contribution in [2.24, 2.45) is 0 Å². The highest BCUT2D eigenvalue weighted by molar-refractivity contribution is 6.19. The van der Waals surface area contributed by atoms with Crippen molar-refractivity contribution in [1.29, 1.82) is 0 Å². The molecule has 0 amide bonds. The van der Waals surface area contributed by atoms with E-state index in [2.05, 4.69) is 193 Å². The zero-order chi connectivity index (χ0) is 36.3. The molecule has 258 valence electrons. The number of benzene rings is 9. The standard InChI is InChI=1S/C52H33NO2/c1-3-12-34(13-4-1)36-22-24-38(25-23-36)50-42-17-8-7-16-39(42)32-46-44-31-30-41(33-49(44)55-52(46)50)53(40-28-26-37(27-29-40)35-14-5-2-6-15-35)47-20-11-19-45-43-18-9-10-21-48(43)54-51(45)47/h1-33H. The van der Waals surface area contributed by atoms with Crippen LogP contribution < -0.4 is 4.90 Å². The number of anilines is 3. The third-order valence-electron chi connectivity index (χ3n) is 10.9. The Morgan fingerprint density at radius 2 is 0.855 bits per heavy atom. The molecule has 55 heavy (non-hydrogen) atoms. The molecule has 0 aliphatic heterocycles. The molecule has 11 aromatic rings. The predicted molar refractivity (Wildman–Crippen MR) is 229 cm³/mol. The fourth-order valence-corrected chi connectivity index (χ4v) is 8.22. The van der Waals surface area contributed by atoms with Gasteiger partial charge in [0.25, 0.3) is 0 Å². The van der Waals surface area contributed by atoms with Crippen LogP contribution in [0.4, 0.5) is 17.1 Å². The van der Waals surface area contributed by atoms with Gasteiger partial charge in [0.15, 0.2) is 5.58 Å². The first kappa shape index (κ1) is 31.2. The van der Waals surface area contributed by atoms with Crippen molar-refractivity contribution < 1.29 is 8.83 Å². The zero-order valence-corrected chi connectivity index (χ0v) is 29.8. The maximum absolute atomic E-state index is 6.99. The first-order valence-corrected chi connectivity index (χ1v) is 18.7. The molecule has 0 bridgehead atoms. The van der Waals surface area contributed by atoms with Crippen LogP contribution in [0.1, 0.15) is 0 Å². The molecule has 0 radical (unpaired) electrons. The monoisotopic (exact) mass is 703 g/mol. The summed E-state index contributed by atoms with van der Waals surface area (Å²) in [6, 6.07) is 70.7. The molecule has 0 saturated carbocycles. The molecule has 0 aliphatic rings. The summed E-state index contributed by atoms with van der Waals surface area (Å²) in [6.07, 6.45) is 0. The van der Waals surface area contributed by atoms with E-state index in [1.54, 1.807) is 0 Å². The van der Waals surface area contributed by atoms with Crippen LogP contribution in [0.2, 0.25) is 0 Å². The van der Waals surface area contributed by atoms with Crippen LogP contribution in [0.25, 0.3) is 88.0 Å². The van der Waals surface area contributed by atoms with Crippen LogP contribution >= 0.6 is 0 Å². The summed E-state index contributed by atoms with van der Waals surface area (Å²) in [5.41, 5.74) is 13.3. The molecule has 0 N–H and O–H groups in total. The minimum Gasteiger partial charge on any atom is -0.455 e. The highest BCUT2D eigenvalue weighted by atomic mass is 16.3. The van der Waals surface area contributed by atoms with Gasteiger partial charge in [-0.1, -0.05) is 152 Å². The van der Waals surface area contributed by atoms with Gasteiger partial charge in [-0.2, -0.15) is 0 Å². The number of furan rings is 2. The SMILES string of the molecule is c1ccc(-c2ccc(-c3c4ccccc4cc4c3oc3cc(N(c5ccc(-c6ccccc6)cc5)c5cccc6c5oc5ccccc56)ccc34)cc2)cc1. The number of hydrogen-bond donors (Lipinski definition) is 0. The van der Waals surface area contributed by atoms with Gasteiger partial charge in [-0.25, -0.2) is 0 Å². The lowest BCUT2D eigenvalue weighted by Crippen LogP contribution is -2.10. The number of hydrogen-bond acceptors (Lipinski definition) is 3. The minimum absolute atomic E-state index is 0.827. The zero-order valence-electron chi connectivity index (χ0n) is 29.8. The van der Waals surface area contributed by atoms with Crippen molar-refractivity contribution in [3.63, 3.8) is 0 Å². The maximum atomic E-state index is 6.99. The first-order chi connectivity index (χ1) is 27.3. The second kappa shape index (κ2) is 12.6. The Kier molecular flexibility index (Phi) is 7.17. The van der Waals surface area contributed by atoms with Crippen molar-refractivity contribution >= 4 is 71.7 Å². The molecule has 3 heteroatoms. The Morgan fingerprint density at radius 1 is 0.309 bits per heavy atom. The quantitative estimate of drug-likeness (QED) is 0.173.